The maximum absolute atomic E-state index is 11.1. The first-order valence-corrected chi connectivity index (χ1v) is 7.47. The van der Waals surface area contributed by atoms with Crippen molar-refractivity contribution in [2.45, 2.75) is 12.5 Å². The van der Waals surface area contributed by atoms with Crippen LogP contribution in [0.3, 0.4) is 0 Å². The number of benzene rings is 1. The van der Waals surface area contributed by atoms with E-state index < -0.39 is 12.0 Å². The number of quaternary nitrogens is 1. The van der Waals surface area contributed by atoms with Gasteiger partial charge in [0.2, 0.25) is 0 Å². The van der Waals surface area contributed by atoms with Crippen LogP contribution in [-0.4, -0.2) is 44.2 Å². The van der Waals surface area contributed by atoms with Gasteiger partial charge in [0.15, 0.2) is 5.75 Å². The summed E-state index contributed by atoms with van der Waals surface area (Å²) in [5, 5.41) is 11.9. The number of carbonyl (C=O) groups is 1. The van der Waals surface area contributed by atoms with E-state index in [-0.39, 0.29) is 11.1 Å². The molecule has 0 spiro atoms. The Morgan fingerprint density at radius 3 is 2.25 bits per heavy atom. The first kappa shape index (κ1) is 17.6. The van der Waals surface area contributed by atoms with Gasteiger partial charge in [0.25, 0.3) is 0 Å². The molecule has 0 aliphatic heterocycles. The van der Waals surface area contributed by atoms with E-state index in [2.05, 4.69) is 15.9 Å². The van der Waals surface area contributed by atoms with E-state index in [1.54, 1.807) is 33.3 Å². The van der Waals surface area contributed by atoms with Gasteiger partial charge in [0, 0.05) is 10.9 Å². The van der Waals surface area contributed by atoms with Gasteiger partial charge in [0.05, 0.1) is 43.8 Å². The Bertz CT molecular complexity index is 480. The lowest BCUT2D eigenvalue weighted by Crippen LogP contribution is -2.55. The highest BCUT2D eigenvalue weighted by Crippen LogP contribution is 2.36. The topological polar surface area (TPSA) is 49.4 Å². The summed E-state index contributed by atoms with van der Waals surface area (Å²) < 4.78 is 6.52. The fourth-order valence-electron chi connectivity index (χ4n) is 1.76. The van der Waals surface area contributed by atoms with Crippen molar-refractivity contribution < 1.29 is 19.1 Å². The number of rotatable bonds is 6. The van der Waals surface area contributed by atoms with Crippen LogP contribution in [-0.2, 0) is 4.79 Å². The molecule has 1 aromatic carbocycles. The Morgan fingerprint density at radius 2 is 1.85 bits per heavy atom. The van der Waals surface area contributed by atoms with E-state index in [1.165, 1.54) is 0 Å². The van der Waals surface area contributed by atoms with Crippen LogP contribution in [0.25, 0.3) is 0 Å². The molecule has 0 heterocycles. The van der Waals surface area contributed by atoms with Crippen molar-refractivity contribution in [2.24, 2.45) is 0 Å². The second-order valence-corrected chi connectivity index (χ2v) is 7.02. The van der Waals surface area contributed by atoms with Crippen LogP contribution in [0.4, 0.5) is 0 Å². The van der Waals surface area contributed by atoms with Gasteiger partial charge in [-0.2, -0.15) is 0 Å². The van der Waals surface area contributed by atoms with Crippen molar-refractivity contribution in [2.75, 3.05) is 27.7 Å². The van der Waals surface area contributed by atoms with Gasteiger partial charge < -0.3 is 19.1 Å². The summed E-state index contributed by atoms with van der Waals surface area (Å²) in [7, 11) is 5.38. The van der Waals surface area contributed by atoms with Crippen molar-refractivity contribution in [1.82, 2.24) is 0 Å². The number of carboxylic acids is 1. The summed E-state index contributed by atoms with van der Waals surface area (Å²) in [5.41, 5.74) is 0. The van der Waals surface area contributed by atoms with Crippen LogP contribution in [0.2, 0.25) is 10.0 Å². The summed E-state index contributed by atoms with van der Waals surface area (Å²) in [6.45, 7) is 0.190. The lowest BCUT2D eigenvalue weighted by Gasteiger charge is -2.34. The van der Waals surface area contributed by atoms with Crippen molar-refractivity contribution in [3.63, 3.8) is 0 Å². The van der Waals surface area contributed by atoms with E-state index in [0.29, 0.717) is 22.2 Å². The number of carboxylic acid groups (broad SMARTS) is 1. The van der Waals surface area contributed by atoms with Crippen molar-refractivity contribution in [3.05, 3.63) is 26.7 Å². The predicted octanol–water partition coefficient (Wildman–Crippen LogP) is 2.35. The molecule has 4 nitrogen and oxygen atoms in total. The van der Waals surface area contributed by atoms with Gasteiger partial charge in [-0.05, 0) is 12.1 Å². The zero-order valence-electron chi connectivity index (χ0n) is 11.5. The van der Waals surface area contributed by atoms with Crippen molar-refractivity contribution in [1.29, 1.82) is 0 Å². The maximum Gasteiger partial charge on any atom is 0.156 e. The highest BCUT2D eigenvalue weighted by molar-refractivity contribution is 9.10. The second kappa shape index (κ2) is 6.98. The molecule has 20 heavy (non-hydrogen) atoms. The Morgan fingerprint density at radius 1 is 1.35 bits per heavy atom. The molecule has 0 saturated carbocycles. The summed E-state index contributed by atoms with van der Waals surface area (Å²) in [6.07, 6.45) is 0.300. The second-order valence-electron chi connectivity index (χ2n) is 5.29. The number of aliphatic carboxylic acids is 1. The fourth-order valence-corrected chi connectivity index (χ4v) is 3.08. The minimum Gasteiger partial charge on any atom is -0.544 e. The van der Waals surface area contributed by atoms with E-state index in [1.807, 2.05) is 0 Å². The number of hydrogen-bond acceptors (Lipinski definition) is 3. The molecule has 1 aromatic rings. The molecule has 0 aliphatic rings. The average Bonchev–Trinajstić information content (AvgIpc) is 2.24. The minimum absolute atomic E-state index is 0.190. The summed E-state index contributed by atoms with van der Waals surface area (Å²) in [6, 6.07) is 2.67. The van der Waals surface area contributed by atoms with Gasteiger partial charge in [0.1, 0.15) is 6.04 Å². The van der Waals surface area contributed by atoms with Gasteiger partial charge in [-0.3, -0.25) is 0 Å². The first-order valence-electron chi connectivity index (χ1n) is 5.92. The molecule has 1 atom stereocenters. The Hall–Kier alpha value is -0.490. The molecule has 0 amide bonds. The highest BCUT2D eigenvalue weighted by Gasteiger charge is 2.25. The molecule has 0 saturated heterocycles. The van der Waals surface area contributed by atoms with E-state index in [0.717, 1.165) is 4.47 Å². The van der Waals surface area contributed by atoms with E-state index in [4.69, 9.17) is 27.9 Å². The van der Waals surface area contributed by atoms with Gasteiger partial charge in [-0.15, -0.1) is 0 Å². The molecule has 0 radical (unpaired) electrons. The smallest absolute Gasteiger partial charge is 0.156 e. The monoisotopic (exact) mass is 383 g/mol. The van der Waals surface area contributed by atoms with Crippen molar-refractivity contribution in [3.8, 4) is 5.75 Å². The van der Waals surface area contributed by atoms with Gasteiger partial charge in [-0.25, -0.2) is 0 Å². The molecular weight excluding hydrogens is 369 g/mol. The van der Waals surface area contributed by atoms with Crippen LogP contribution in [0.5, 0.6) is 5.75 Å². The quantitative estimate of drug-likeness (QED) is 0.707. The lowest BCUT2D eigenvalue weighted by molar-refractivity contribution is -0.889. The lowest BCUT2D eigenvalue weighted by atomic mass is 10.1. The van der Waals surface area contributed by atoms with Crippen LogP contribution in [0.15, 0.2) is 16.6 Å². The van der Waals surface area contributed by atoms with Crippen LogP contribution < -0.4 is 9.84 Å². The third-order valence-electron chi connectivity index (χ3n) is 2.81. The fraction of sp³-hybridized carbons (Fsp3) is 0.462. The van der Waals surface area contributed by atoms with Crippen LogP contribution in [0.1, 0.15) is 6.42 Å². The normalized spacial score (nSPS) is 13.1. The Labute approximate surface area is 136 Å². The van der Waals surface area contributed by atoms with Gasteiger partial charge >= 0.3 is 0 Å². The number of halogens is 3. The predicted molar refractivity (Wildman–Crippen MR) is 81.1 cm³/mol. The molecular formula is C13H16BrCl2NO3. The molecule has 1 rings (SSSR count). The zero-order valence-corrected chi connectivity index (χ0v) is 14.5. The van der Waals surface area contributed by atoms with E-state index >= 15 is 0 Å². The number of likely N-dealkylation sites (N-methyl/N-ethyl adjacent to an activating group) is 1. The van der Waals surface area contributed by atoms with Gasteiger partial charge in [-0.1, -0.05) is 39.1 Å². The Balaban J connectivity index is 2.71. The van der Waals surface area contributed by atoms with Crippen LogP contribution >= 0.6 is 39.1 Å². The first-order chi connectivity index (χ1) is 9.12. The maximum atomic E-state index is 11.1. The molecule has 7 heteroatoms. The molecule has 0 fully saturated rings. The van der Waals surface area contributed by atoms with Crippen molar-refractivity contribution >= 4 is 45.1 Å². The largest absolute Gasteiger partial charge is 0.544 e. The van der Waals surface area contributed by atoms with Crippen LogP contribution in [0, 0.1) is 0 Å². The molecule has 112 valence electrons. The molecule has 0 unspecified atom stereocenters. The Kier molecular flexibility index (Phi) is 6.13. The molecule has 0 aliphatic carbocycles. The molecule has 0 N–H and O–H groups in total. The third kappa shape index (κ3) is 4.81. The van der Waals surface area contributed by atoms with E-state index in [9.17, 15) is 9.90 Å². The summed E-state index contributed by atoms with van der Waals surface area (Å²) in [4.78, 5) is 11.1. The zero-order chi connectivity index (χ0) is 15.5. The number of ether oxygens (including phenoxy) is 1. The summed E-state index contributed by atoms with van der Waals surface area (Å²) >= 11 is 15.3. The SMILES string of the molecule is C[N+](C)(C)[C@H](CCOc1c(Cl)cc(Br)cc1Cl)C(=O)[O-]. The minimum atomic E-state index is -1.10. The summed E-state index contributed by atoms with van der Waals surface area (Å²) in [5.74, 6) is -0.746. The number of carbonyl (C=O) groups excluding carboxylic acids is 1. The number of hydrogen-bond donors (Lipinski definition) is 0. The number of nitrogens with zero attached hydrogens (tertiary/aromatic N) is 1. The third-order valence-corrected chi connectivity index (χ3v) is 3.83. The molecule has 0 aromatic heterocycles. The standard InChI is InChI=1S/C13H16BrCl2NO3/c1-17(2,3)11(13(18)19)4-5-20-12-9(15)6-8(14)7-10(12)16/h6-7,11H,4-5H2,1-3H3/t11-/m1/s1. The average molecular weight is 385 g/mol. The molecule has 0 bridgehead atoms. The highest BCUT2D eigenvalue weighted by atomic mass is 79.9.